The van der Waals surface area contributed by atoms with Gasteiger partial charge in [0.1, 0.15) is 29.1 Å². The number of rotatable bonds is 7. The van der Waals surface area contributed by atoms with Crippen molar-refractivity contribution < 1.29 is 9.68 Å². The molecule has 0 saturated heterocycles. The number of halogens is 3. The summed E-state index contributed by atoms with van der Waals surface area (Å²) in [6.45, 7) is 2.50. The predicted octanol–water partition coefficient (Wildman–Crippen LogP) is 4.35. The molecule has 0 atom stereocenters. The first-order valence-electron chi connectivity index (χ1n) is 5.95. The Hall–Kier alpha value is -0.780. The summed E-state index contributed by atoms with van der Waals surface area (Å²) in [6.07, 6.45) is 9.20. The number of allylic oxidation sites excluding steroid dienone is 5. The van der Waals surface area contributed by atoms with Crippen LogP contribution in [0.2, 0.25) is 0 Å². The Morgan fingerprint density at radius 1 is 1.35 bits per heavy atom. The molecular formula is C13H15BrCl2N2O2. The van der Waals surface area contributed by atoms with E-state index in [4.69, 9.17) is 32.9 Å². The smallest absolute Gasteiger partial charge is 0.129 e. The second-order valence-corrected chi connectivity index (χ2v) is 5.75. The van der Waals surface area contributed by atoms with Gasteiger partial charge in [0, 0.05) is 5.33 Å². The molecule has 1 aliphatic carbocycles. The molecule has 7 heteroatoms. The van der Waals surface area contributed by atoms with Crippen molar-refractivity contribution in [2.75, 3.05) is 11.9 Å². The van der Waals surface area contributed by atoms with E-state index in [1.807, 2.05) is 13.0 Å². The van der Waals surface area contributed by atoms with Crippen molar-refractivity contribution in [1.29, 1.82) is 0 Å². The molecule has 0 amide bonds. The molecule has 0 N–H and O–H groups in total. The second-order valence-electron chi connectivity index (χ2n) is 3.80. The molecule has 0 aliphatic heterocycles. The molecule has 0 aromatic heterocycles. The van der Waals surface area contributed by atoms with E-state index in [-0.39, 0.29) is 0 Å². The van der Waals surface area contributed by atoms with E-state index in [0.29, 0.717) is 12.3 Å². The fourth-order valence-electron chi connectivity index (χ4n) is 1.22. The van der Waals surface area contributed by atoms with Gasteiger partial charge in [0.2, 0.25) is 0 Å². The van der Waals surface area contributed by atoms with E-state index in [0.717, 1.165) is 23.0 Å². The third-order valence-corrected chi connectivity index (χ3v) is 3.01. The molecule has 4 nitrogen and oxygen atoms in total. The Bertz CT molecular complexity index is 457. The van der Waals surface area contributed by atoms with Gasteiger partial charge in [-0.15, -0.1) is 23.2 Å². The first-order chi connectivity index (χ1) is 9.63. The maximum atomic E-state index is 5.51. The minimum absolute atomic E-state index is 0.586. The van der Waals surface area contributed by atoms with E-state index in [1.54, 1.807) is 12.2 Å². The molecule has 0 fully saturated rings. The summed E-state index contributed by atoms with van der Waals surface area (Å²) >= 11 is 14.3. The van der Waals surface area contributed by atoms with Crippen molar-refractivity contribution in [3.63, 3.8) is 0 Å². The summed E-state index contributed by atoms with van der Waals surface area (Å²) in [5.41, 5.74) is 2.37. The summed E-state index contributed by atoms with van der Waals surface area (Å²) in [5.74, 6) is 0. The van der Waals surface area contributed by atoms with Crippen molar-refractivity contribution >= 4 is 50.6 Å². The Morgan fingerprint density at radius 2 is 2.15 bits per heavy atom. The highest BCUT2D eigenvalue weighted by Crippen LogP contribution is 2.09. The molecule has 0 saturated carbocycles. The number of hydrogen-bond donors (Lipinski definition) is 0. The van der Waals surface area contributed by atoms with E-state index in [2.05, 4.69) is 26.2 Å². The van der Waals surface area contributed by atoms with Gasteiger partial charge in [0.15, 0.2) is 0 Å². The maximum Gasteiger partial charge on any atom is 0.129 e. The third-order valence-electron chi connectivity index (χ3n) is 2.16. The second kappa shape index (κ2) is 10.0. The van der Waals surface area contributed by atoms with Crippen molar-refractivity contribution in [2.45, 2.75) is 18.2 Å². The number of hydrogen-bond acceptors (Lipinski definition) is 4. The Morgan fingerprint density at radius 3 is 2.80 bits per heavy atom. The molecule has 0 radical (unpaired) electrons. The molecular weight excluding hydrogens is 367 g/mol. The molecule has 110 valence electrons. The SMILES string of the molecule is CC1=CC(=NOCCCBr)C=CC1=NOC=CC(Cl)Cl. The maximum absolute atomic E-state index is 5.51. The molecule has 0 aromatic carbocycles. The molecule has 0 spiro atoms. The summed E-state index contributed by atoms with van der Waals surface area (Å²) in [4.78, 5) is 9.54. The van der Waals surface area contributed by atoms with Crippen LogP contribution < -0.4 is 0 Å². The average Bonchev–Trinajstić information content (AvgIpc) is 2.41. The fourth-order valence-corrected chi connectivity index (χ4v) is 1.57. The fraction of sp³-hybridized carbons (Fsp3) is 0.385. The average molecular weight is 382 g/mol. The molecule has 1 aliphatic rings. The van der Waals surface area contributed by atoms with Crippen LogP contribution >= 0.6 is 39.1 Å². The highest BCUT2D eigenvalue weighted by Gasteiger charge is 2.07. The largest absolute Gasteiger partial charge is 0.395 e. The van der Waals surface area contributed by atoms with E-state index in [9.17, 15) is 0 Å². The topological polar surface area (TPSA) is 43.2 Å². The Balaban J connectivity index is 2.52. The highest BCUT2D eigenvalue weighted by molar-refractivity contribution is 9.09. The molecule has 0 heterocycles. The van der Waals surface area contributed by atoms with Crippen LogP contribution in [-0.2, 0) is 9.68 Å². The quantitative estimate of drug-likeness (QED) is 0.216. The lowest BCUT2D eigenvalue weighted by atomic mass is 10.0. The lowest BCUT2D eigenvalue weighted by Gasteiger charge is -2.07. The van der Waals surface area contributed by atoms with E-state index < -0.39 is 4.84 Å². The number of oxime groups is 2. The van der Waals surface area contributed by atoms with Crippen LogP contribution in [0.1, 0.15) is 13.3 Å². The van der Waals surface area contributed by atoms with Gasteiger partial charge < -0.3 is 9.68 Å². The van der Waals surface area contributed by atoms with Crippen LogP contribution in [0.25, 0.3) is 0 Å². The lowest BCUT2D eigenvalue weighted by Crippen LogP contribution is -2.07. The van der Waals surface area contributed by atoms with Crippen LogP contribution in [0.4, 0.5) is 0 Å². The zero-order chi connectivity index (χ0) is 14.8. The third kappa shape index (κ3) is 7.12. The van der Waals surface area contributed by atoms with Gasteiger partial charge in [-0.2, -0.15) is 0 Å². The van der Waals surface area contributed by atoms with Gasteiger partial charge >= 0.3 is 0 Å². The van der Waals surface area contributed by atoms with E-state index >= 15 is 0 Å². The Kier molecular flexibility index (Phi) is 8.65. The molecule has 0 aromatic rings. The molecule has 20 heavy (non-hydrogen) atoms. The van der Waals surface area contributed by atoms with Gasteiger partial charge in [0.25, 0.3) is 0 Å². The molecule has 0 bridgehead atoms. The summed E-state index contributed by atoms with van der Waals surface area (Å²) in [6, 6.07) is 0. The van der Waals surface area contributed by atoms with Crippen molar-refractivity contribution in [1.82, 2.24) is 0 Å². The van der Waals surface area contributed by atoms with Crippen LogP contribution in [0.15, 0.2) is 46.5 Å². The van der Waals surface area contributed by atoms with E-state index in [1.165, 1.54) is 12.3 Å². The van der Waals surface area contributed by atoms with Gasteiger partial charge in [-0.05, 0) is 43.2 Å². The zero-order valence-electron chi connectivity index (χ0n) is 10.9. The minimum atomic E-state index is -0.607. The first kappa shape index (κ1) is 17.3. The Labute approximate surface area is 136 Å². The van der Waals surface area contributed by atoms with Crippen LogP contribution in [0, 0.1) is 0 Å². The number of nitrogens with zero attached hydrogens (tertiary/aromatic N) is 2. The van der Waals surface area contributed by atoms with Crippen LogP contribution in [-0.4, -0.2) is 28.2 Å². The van der Waals surface area contributed by atoms with Gasteiger partial charge in [-0.25, -0.2) is 0 Å². The van der Waals surface area contributed by atoms with Crippen LogP contribution in [0.3, 0.4) is 0 Å². The number of alkyl halides is 3. The highest BCUT2D eigenvalue weighted by atomic mass is 79.9. The minimum Gasteiger partial charge on any atom is -0.395 e. The van der Waals surface area contributed by atoms with Crippen molar-refractivity contribution in [2.24, 2.45) is 10.3 Å². The molecule has 1 rings (SSSR count). The monoisotopic (exact) mass is 380 g/mol. The van der Waals surface area contributed by atoms with Crippen LogP contribution in [0.5, 0.6) is 0 Å². The first-order valence-corrected chi connectivity index (χ1v) is 7.94. The van der Waals surface area contributed by atoms with Crippen molar-refractivity contribution in [3.8, 4) is 0 Å². The summed E-state index contributed by atoms with van der Waals surface area (Å²) in [5, 5.41) is 8.85. The normalized spacial score (nSPS) is 19.1. The van der Waals surface area contributed by atoms with Crippen molar-refractivity contribution in [3.05, 3.63) is 36.1 Å². The molecule has 0 unspecified atom stereocenters. The van der Waals surface area contributed by atoms with Gasteiger partial charge in [-0.3, -0.25) is 0 Å². The lowest BCUT2D eigenvalue weighted by molar-refractivity contribution is 0.146. The van der Waals surface area contributed by atoms with Gasteiger partial charge in [-0.1, -0.05) is 26.2 Å². The van der Waals surface area contributed by atoms with Gasteiger partial charge in [0.05, 0.1) is 0 Å². The predicted molar refractivity (Wildman–Crippen MR) is 87.8 cm³/mol. The summed E-state index contributed by atoms with van der Waals surface area (Å²) < 4.78 is 0. The summed E-state index contributed by atoms with van der Waals surface area (Å²) in [7, 11) is 0. The zero-order valence-corrected chi connectivity index (χ0v) is 14.0. The standard InChI is InChI=1S/C13H15BrCl2N2O2/c1-10-9-11(17-19-7-2-6-14)3-4-12(10)18-20-8-5-13(15)16/h3-5,8-9,13H,2,6-7H2,1H3.